The van der Waals surface area contributed by atoms with E-state index in [0.717, 1.165) is 0 Å². The highest BCUT2D eigenvalue weighted by Gasteiger charge is 2.32. The standard InChI is InChI=1S/C9H21N2O5P/c1-11(2,3)8-9(16-17(12,13)14)10-4-6-15-7-5-10/h9H,4-8H2,1-3H3,(H-,12,13,14)/p+1. The topological polar surface area (TPSA) is 79.2 Å². The summed E-state index contributed by atoms with van der Waals surface area (Å²) in [4.78, 5) is 19.8. The van der Waals surface area contributed by atoms with Crippen molar-refractivity contribution in [3.05, 3.63) is 0 Å². The van der Waals surface area contributed by atoms with E-state index in [1.54, 1.807) is 0 Å². The van der Waals surface area contributed by atoms with E-state index in [4.69, 9.17) is 19.0 Å². The van der Waals surface area contributed by atoms with Crippen LogP contribution >= 0.6 is 7.82 Å². The van der Waals surface area contributed by atoms with Gasteiger partial charge in [-0.15, -0.1) is 0 Å². The molecule has 1 aliphatic rings. The van der Waals surface area contributed by atoms with Crippen molar-refractivity contribution in [1.82, 2.24) is 4.90 Å². The summed E-state index contributed by atoms with van der Waals surface area (Å²) < 4.78 is 21.6. The maximum absolute atomic E-state index is 11.0. The Bertz CT molecular complexity index is 282. The minimum atomic E-state index is -4.47. The monoisotopic (exact) mass is 269 g/mol. The normalized spacial score (nSPS) is 21.5. The quantitative estimate of drug-likeness (QED) is 0.515. The van der Waals surface area contributed by atoms with Crippen molar-refractivity contribution in [3.8, 4) is 0 Å². The fourth-order valence-corrected chi connectivity index (χ4v) is 2.22. The molecule has 17 heavy (non-hydrogen) atoms. The number of phosphoric acid groups is 1. The van der Waals surface area contributed by atoms with Gasteiger partial charge in [0.15, 0.2) is 6.23 Å². The molecule has 0 aromatic carbocycles. The molecule has 1 aliphatic heterocycles. The zero-order valence-electron chi connectivity index (χ0n) is 10.6. The Kier molecular flexibility index (Phi) is 5.09. The van der Waals surface area contributed by atoms with Crippen LogP contribution in [-0.2, 0) is 13.8 Å². The number of hydrogen-bond acceptors (Lipinski definition) is 4. The van der Waals surface area contributed by atoms with Gasteiger partial charge in [-0.25, -0.2) is 4.57 Å². The third kappa shape index (κ3) is 6.47. The van der Waals surface area contributed by atoms with Crippen LogP contribution in [0.15, 0.2) is 0 Å². The van der Waals surface area contributed by atoms with Gasteiger partial charge in [-0.3, -0.25) is 9.42 Å². The summed E-state index contributed by atoms with van der Waals surface area (Å²) in [5.41, 5.74) is 0. The Morgan fingerprint density at radius 1 is 1.35 bits per heavy atom. The van der Waals surface area contributed by atoms with Gasteiger partial charge in [-0.05, 0) is 0 Å². The SMILES string of the molecule is C[N+](C)(C)CC(OP(=O)(O)O)N1CCOCC1. The van der Waals surface area contributed by atoms with Gasteiger partial charge in [0.05, 0.1) is 34.4 Å². The van der Waals surface area contributed by atoms with E-state index in [9.17, 15) is 4.57 Å². The minimum absolute atomic E-state index is 0.505. The average Bonchev–Trinajstić information content (AvgIpc) is 2.14. The molecule has 0 radical (unpaired) electrons. The fraction of sp³-hybridized carbons (Fsp3) is 1.00. The molecule has 0 bridgehead atoms. The van der Waals surface area contributed by atoms with Crippen LogP contribution in [0.3, 0.4) is 0 Å². The molecule has 0 aromatic heterocycles. The number of phosphoric ester groups is 1. The summed E-state index contributed by atoms with van der Waals surface area (Å²) in [5.74, 6) is 0. The van der Waals surface area contributed by atoms with Crippen molar-refractivity contribution >= 4 is 7.82 Å². The lowest BCUT2D eigenvalue weighted by Gasteiger charge is -2.37. The van der Waals surface area contributed by atoms with Crippen LogP contribution in [0.4, 0.5) is 0 Å². The van der Waals surface area contributed by atoms with Crippen molar-refractivity contribution in [2.75, 3.05) is 54.0 Å². The highest BCUT2D eigenvalue weighted by atomic mass is 31.2. The first-order valence-corrected chi connectivity index (χ1v) is 7.07. The molecule has 8 heteroatoms. The molecule has 0 saturated carbocycles. The number of hydrogen-bond donors (Lipinski definition) is 2. The molecule has 7 nitrogen and oxygen atoms in total. The summed E-state index contributed by atoms with van der Waals surface area (Å²) in [7, 11) is 1.40. The third-order valence-electron chi connectivity index (χ3n) is 2.42. The van der Waals surface area contributed by atoms with Gasteiger partial charge in [0.25, 0.3) is 0 Å². The molecule has 2 N–H and O–H groups in total. The van der Waals surface area contributed by atoms with Gasteiger partial charge in [0.1, 0.15) is 6.54 Å². The number of rotatable bonds is 5. The van der Waals surface area contributed by atoms with Crippen LogP contribution in [0, 0.1) is 0 Å². The predicted molar refractivity (Wildman–Crippen MR) is 62.2 cm³/mol. The second-order valence-electron chi connectivity index (χ2n) is 5.17. The van der Waals surface area contributed by atoms with Crippen molar-refractivity contribution in [1.29, 1.82) is 0 Å². The fourth-order valence-electron chi connectivity index (χ4n) is 1.71. The van der Waals surface area contributed by atoms with E-state index in [1.807, 2.05) is 26.0 Å². The van der Waals surface area contributed by atoms with Gasteiger partial charge in [0.2, 0.25) is 0 Å². The van der Waals surface area contributed by atoms with E-state index in [1.165, 1.54) is 0 Å². The maximum Gasteiger partial charge on any atom is 0.471 e. The van der Waals surface area contributed by atoms with Crippen LogP contribution < -0.4 is 0 Å². The molecule has 1 rings (SSSR count). The molecule has 1 fully saturated rings. The van der Waals surface area contributed by atoms with Crippen LogP contribution in [-0.4, -0.2) is 79.4 Å². The largest absolute Gasteiger partial charge is 0.471 e. The maximum atomic E-state index is 11.0. The Balaban J connectivity index is 2.67. The molecule has 102 valence electrons. The lowest BCUT2D eigenvalue weighted by atomic mass is 10.3. The number of nitrogens with zero attached hydrogens (tertiary/aromatic N) is 2. The molecule has 0 amide bonds. The van der Waals surface area contributed by atoms with Crippen LogP contribution in [0.25, 0.3) is 0 Å². The highest BCUT2D eigenvalue weighted by molar-refractivity contribution is 7.46. The molecule has 0 aromatic rings. The van der Waals surface area contributed by atoms with Crippen LogP contribution in [0.5, 0.6) is 0 Å². The van der Waals surface area contributed by atoms with Gasteiger partial charge in [0, 0.05) is 13.1 Å². The lowest BCUT2D eigenvalue weighted by Crippen LogP contribution is -2.52. The summed E-state index contributed by atoms with van der Waals surface area (Å²) in [5, 5.41) is 0. The first kappa shape index (κ1) is 15.0. The molecule has 1 atom stereocenters. The average molecular weight is 269 g/mol. The molecule has 0 aliphatic carbocycles. The number of ether oxygens (including phenoxy) is 1. The molecule has 1 unspecified atom stereocenters. The van der Waals surface area contributed by atoms with E-state index < -0.39 is 14.1 Å². The lowest BCUT2D eigenvalue weighted by molar-refractivity contribution is -0.874. The predicted octanol–water partition coefficient (Wildman–Crippen LogP) is -0.540. The van der Waals surface area contributed by atoms with Crippen molar-refractivity contribution in [2.45, 2.75) is 6.23 Å². The molecular formula is C9H22N2O5P+. The van der Waals surface area contributed by atoms with E-state index >= 15 is 0 Å². The van der Waals surface area contributed by atoms with Gasteiger partial charge in [-0.1, -0.05) is 0 Å². The Morgan fingerprint density at radius 3 is 2.29 bits per heavy atom. The first-order chi connectivity index (χ1) is 7.67. The summed E-state index contributed by atoms with van der Waals surface area (Å²) in [6.45, 7) is 2.90. The van der Waals surface area contributed by atoms with Gasteiger partial charge in [-0.2, -0.15) is 0 Å². The second kappa shape index (κ2) is 5.75. The smallest absolute Gasteiger partial charge is 0.379 e. The second-order valence-corrected chi connectivity index (χ2v) is 6.36. The van der Waals surface area contributed by atoms with E-state index in [2.05, 4.69) is 0 Å². The number of quaternary nitrogens is 1. The zero-order valence-corrected chi connectivity index (χ0v) is 11.5. The van der Waals surface area contributed by atoms with Crippen molar-refractivity contribution in [2.24, 2.45) is 0 Å². The van der Waals surface area contributed by atoms with E-state index in [-0.39, 0.29) is 0 Å². The van der Waals surface area contributed by atoms with Crippen molar-refractivity contribution in [3.63, 3.8) is 0 Å². The Hall–Kier alpha value is -0.0100. The Morgan fingerprint density at radius 2 is 1.88 bits per heavy atom. The van der Waals surface area contributed by atoms with Crippen molar-refractivity contribution < 1.29 is 28.1 Å². The molecular weight excluding hydrogens is 247 g/mol. The van der Waals surface area contributed by atoms with Crippen LogP contribution in [0.1, 0.15) is 0 Å². The highest BCUT2D eigenvalue weighted by Crippen LogP contribution is 2.38. The van der Waals surface area contributed by atoms with Gasteiger partial charge >= 0.3 is 7.82 Å². The summed E-state index contributed by atoms with van der Waals surface area (Å²) >= 11 is 0. The molecule has 0 spiro atoms. The molecule has 1 saturated heterocycles. The first-order valence-electron chi connectivity index (χ1n) is 5.53. The van der Waals surface area contributed by atoms with Crippen LogP contribution in [0.2, 0.25) is 0 Å². The number of likely N-dealkylation sites (N-methyl/N-ethyl adjacent to an activating group) is 1. The van der Waals surface area contributed by atoms with Gasteiger partial charge < -0.3 is 19.0 Å². The summed E-state index contributed by atoms with van der Waals surface area (Å²) in [6, 6.07) is 0. The Labute approximate surface area is 102 Å². The third-order valence-corrected chi connectivity index (χ3v) is 2.93. The van der Waals surface area contributed by atoms with E-state index in [0.29, 0.717) is 37.3 Å². The molecule has 1 heterocycles. The summed E-state index contributed by atoms with van der Waals surface area (Å²) in [6.07, 6.45) is -0.584. The number of morpholine rings is 1. The zero-order chi connectivity index (χ0) is 13.1. The minimum Gasteiger partial charge on any atom is -0.379 e.